The number of unbranched alkanes of at least 4 members (excludes halogenated alkanes) is 1. The first kappa shape index (κ1) is 18.3. The van der Waals surface area contributed by atoms with E-state index < -0.39 is 6.10 Å². The van der Waals surface area contributed by atoms with Gasteiger partial charge in [-0.25, -0.2) is 0 Å². The molecule has 0 aromatic heterocycles. The summed E-state index contributed by atoms with van der Waals surface area (Å²) in [6, 6.07) is 7.24. The Balaban J connectivity index is 2.40. The Morgan fingerprint density at radius 2 is 1.82 bits per heavy atom. The first-order valence-electron chi connectivity index (χ1n) is 8.19. The summed E-state index contributed by atoms with van der Waals surface area (Å²) in [7, 11) is 1.62. The molecule has 4 nitrogen and oxygen atoms in total. The number of hydrogen-bond donors (Lipinski definition) is 1. The molecule has 0 radical (unpaired) electrons. The normalized spacial score (nSPS) is 13.3. The van der Waals surface area contributed by atoms with Gasteiger partial charge in [0.05, 0.1) is 7.11 Å². The zero-order valence-corrected chi connectivity index (χ0v) is 14.2. The molecule has 1 N–H and O–H groups in total. The molecule has 0 fully saturated rings. The second-order valence-electron chi connectivity index (χ2n) is 5.60. The van der Waals surface area contributed by atoms with Gasteiger partial charge in [0.25, 0.3) is 5.91 Å². The van der Waals surface area contributed by atoms with Crippen molar-refractivity contribution in [2.75, 3.05) is 13.7 Å². The van der Waals surface area contributed by atoms with Crippen LogP contribution in [0.1, 0.15) is 46.5 Å². The second-order valence-corrected chi connectivity index (χ2v) is 5.60. The van der Waals surface area contributed by atoms with Gasteiger partial charge in [-0.15, -0.1) is 0 Å². The van der Waals surface area contributed by atoms with Gasteiger partial charge in [-0.3, -0.25) is 4.79 Å². The van der Waals surface area contributed by atoms with Crippen molar-refractivity contribution >= 4 is 5.91 Å². The molecular formula is C18H29NO3. The van der Waals surface area contributed by atoms with Crippen molar-refractivity contribution in [3.8, 4) is 11.5 Å². The predicted molar refractivity (Wildman–Crippen MR) is 89.4 cm³/mol. The largest absolute Gasteiger partial charge is 0.497 e. The number of benzene rings is 1. The molecular weight excluding hydrogens is 278 g/mol. The third kappa shape index (κ3) is 6.37. The van der Waals surface area contributed by atoms with Gasteiger partial charge in [0.2, 0.25) is 0 Å². The number of nitrogens with one attached hydrogen (secondary N) is 1. The molecule has 22 heavy (non-hydrogen) atoms. The van der Waals surface area contributed by atoms with Crippen LogP contribution in [0.25, 0.3) is 0 Å². The van der Waals surface area contributed by atoms with Crippen LogP contribution in [-0.2, 0) is 4.79 Å². The molecule has 1 aromatic rings. The Kier molecular flexibility index (Phi) is 8.41. The van der Waals surface area contributed by atoms with Crippen molar-refractivity contribution in [3.05, 3.63) is 24.3 Å². The van der Waals surface area contributed by atoms with Crippen LogP contribution in [0, 0.1) is 5.92 Å². The van der Waals surface area contributed by atoms with Gasteiger partial charge in [-0.2, -0.15) is 0 Å². The minimum Gasteiger partial charge on any atom is -0.497 e. The first-order chi connectivity index (χ1) is 10.6. The predicted octanol–water partition coefficient (Wildman–Crippen LogP) is 3.80. The summed E-state index contributed by atoms with van der Waals surface area (Å²) in [4.78, 5) is 12.1. The van der Waals surface area contributed by atoms with Crippen LogP contribution >= 0.6 is 0 Å². The quantitative estimate of drug-likeness (QED) is 0.715. The van der Waals surface area contributed by atoms with E-state index in [0.717, 1.165) is 18.7 Å². The van der Waals surface area contributed by atoms with Crippen LogP contribution in [0.2, 0.25) is 0 Å². The van der Waals surface area contributed by atoms with Gasteiger partial charge in [-0.1, -0.05) is 33.1 Å². The molecule has 0 aliphatic heterocycles. The average molecular weight is 307 g/mol. The molecule has 0 heterocycles. The maximum Gasteiger partial charge on any atom is 0.260 e. The van der Waals surface area contributed by atoms with Crippen molar-refractivity contribution in [1.29, 1.82) is 0 Å². The summed E-state index contributed by atoms with van der Waals surface area (Å²) in [6.45, 7) is 6.86. The molecule has 0 aliphatic rings. The molecule has 4 heteroatoms. The maximum atomic E-state index is 12.1. The highest BCUT2D eigenvalue weighted by Gasteiger charge is 2.16. The fourth-order valence-electron chi connectivity index (χ4n) is 2.24. The fraction of sp³-hybridized carbons (Fsp3) is 0.611. The number of carbonyl (C=O) groups is 1. The number of carbonyl (C=O) groups excluding carboxylic acids is 1. The Bertz CT molecular complexity index is 430. The van der Waals surface area contributed by atoms with Gasteiger partial charge < -0.3 is 14.8 Å². The van der Waals surface area contributed by atoms with Crippen LogP contribution in [-0.4, -0.2) is 25.7 Å². The Morgan fingerprint density at radius 1 is 1.18 bits per heavy atom. The number of ether oxygens (including phenoxy) is 2. The molecule has 0 spiro atoms. The van der Waals surface area contributed by atoms with E-state index in [0.29, 0.717) is 11.7 Å². The first-order valence-corrected chi connectivity index (χ1v) is 8.19. The highest BCUT2D eigenvalue weighted by atomic mass is 16.5. The van der Waals surface area contributed by atoms with Gasteiger partial charge >= 0.3 is 0 Å². The van der Waals surface area contributed by atoms with Crippen molar-refractivity contribution in [2.45, 2.75) is 52.6 Å². The van der Waals surface area contributed by atoms with E-state index in [2.05, 4.69) is 19.2 Å². The van der Waals surface area contributed by atoms with E-state index >= 15 is 0 Å². The summed E-state index contributed by atoms with van der Waals surface area (Å²) < 4.78 is 10.8. The zero-order chi connectivity index (χ0) is 16.4. The monoisotopic (exact) mass is 307 g/mol. The Morgan fingerprint density at radius 3 is 2.36 bits per heavy atom. The van der Waals surface area contributed by atoms with Gasteiger partial charge in [0.15, 0.2) is 6.10 Å². The Labute approximate surface area is 134 Å². The van der Waals surface area contributed by atoms with Gasteiger partial charge in [-0.05, 0) is 43.5 Å². The van der Waals surface area contributed by atoms with E-state index in [-0.39, 0.29) is 5.91 Å². The van der Waals surface area contributed by atoms with Crippen LogP contribution < -0.4 is 14.8 Å². The maximum absolute atomic E-state index is 12.1. The summed E-state index contributed by atoms with van der Waals surface area (Å²) in [6.07, 6.45) is 4.17. The summed E-state index contributed by atoms with van der Waals surface area (Å²) >= 11 is 0. The van der Waals surface area contributed by atoms with E-state index in [1.54, 1.807) is 26.2 Å². The molecule has 0 unspecified atom stereocenters. The highest BCUT2D eigenvalue weighted by Crippen LogP contribution is 2.18. The van der Waals surface area contributed by atoms with E-state index in [1.807, 2.05) is 12.1 Å². The smallest absolute Gasteiger partial charge is 0.260 e. The molecule has 0 saturated carbocycles. The molecule has 0 saturated heterocycles. The molecule has 1 aromatic carbocycles. The van der Waals surface area contributed by atoms with E-state index in [9.17, 15) is 4.79 Å². The third-order valence-electron chi connectivity index (χ3n) is 3.85. The van der Waals surface area contributed by atoms with E-state index in [4.69, 9.17) is 9.47 Å². The number of amides is 1. The topological polar surface area (TPSA) is 47.6 Å². The molecule has 0 bridgehead atoms. The van der Waals surface area contributed by atoms with Crippen molar-refractivity contribution in [1.82, 2.24) is 5.32 Å². The van der Waals surface area contributed by atoms with Crippen LogP contribution in [0.4, 0.5) is 0 Å². The lowest BCUT2D eigenvalue weighted by molar-refractivity contribution is -0.127. The lowest BCUT2D eigenvalue weighted by atomic mass is 9.99. The van der Waals surface area contributed by atoms with Crippen molar-refractivity contribution in [3.63, 3.8) is 0 Å². The summed E-state index contributed by atoms with van der Waals surface area (Å²) in [5.74, 6) is 1.93. The lowest BCUT2D eigenvalue weighted by Crippen LogP contribution is -2.38. The van der Waals surface area contributed by atoms with Crippen molar-refractivity contribution in [2.24, 2.45) is 5.92 Å². The summed E-state index contributed by atoms with van der Waals surface area (Å²) in [5, 5.41) is 3.00. The zero-order valence-electron chi connectivity index (χ0n) is 14.2. The fourth-order valence-corrected chi connectivity index (χ4v) is 2.24. The number of methoxy groups -OCH3 is 1. The lowest BCUT2D eigenvalue weighted by Gasteiger charge is -2.18. The molecule has 0 aliphatic carbocycles. The van der Waals surface area contributed by atoms with Gasteiger partial charge in [0, 0.05) is 6.54 Å². The molecule has 2 atom stereocenters. The van der Waals surface area contributed by atoms with Gasteiger partial charge in [0.1, 0.15) is 11.5 Å². The number of hydrogen-bond acceptors (Lipinski definition) is 3. The molecule has 1 amide bonds. The van der Waals surface area contributed by atoms with Crippen molar-refractivity contribution < 1.29 is 14.3 Å². The molecule has 124 valence electrons. The summed E-state index contributed by atoms with van der Waals surface area (Å²) in [5.41, 5.74) is 0. The highest BCUT2D eigenvalue weighted by molar-refractivity contribution is 5.80. The van der Waals surface area contributed by atoms with Crippen LogP contribution in [0.3, 0.4) is 0 Å². The average Bonchev–Trinajstić information content (AvgIpc) is 2.55. The van der Waals surface area contributed by atoms with E-state index in [1.165, 1.54) is 19.3 Å². The minimum atomic E-state index is -0.503. The van der Waals surface area contributed by atoms with Crippen LogP contribution in [0.15, 0.2) is 24.3 Å². The second kappa shape index (κ2) is 10.1. The molecule has 1 rings (SSSR count). The number of rotatable bonds is 10. The third-order valence-corrected chi connectivity index (χ3v) is 3.85. The van der Waals surface area contributed by atoms with Crippen LogP contribution in [0.5, 0.6) is 11.5 Å². The minimum absolute atomic E-state index is 0.0641. The standard InChI is InChI=1S/C18H29NO3/c1-5-7-8-15(6-2)13-19-18(20)14(3)22-17-11-9-16(21-4)10-12-17/h9-12,14-15H,5-8,13H2,1-4H3,(H,19,20)/t14-,15+/m0/s1. The SMILES string of the molecule is CCCC[C@@H](CC)CNC(=O)[C@H](C)Oc1ccc(OC)cc1. The Hall–Kier alpha value is -1.71.